The van der Waals surface area contributed by atoms with Crippen molar-refractivity contribution in [3.63, 3.8) is 0 Å². The molecular formula is C52H42F4N6O12S2. The Kier molecular flexibility index (Phi) is 14.1. The summed E-state index contributed by atoms with van der Waals surface area (Å²) in [4.78, 5) is 78.5. The minimum Gasteiger partial charge on any atom is -0.481 e. The van der Waals surface area contributed by atoms with E-state index in [1.54, 1.807) is 0 Å². The number of fused-ring (bicyclic) bond motifs is 4. The van der Waals surface area contributed by atoms with Crippen LogP contribution in [0.4, 0.5) is 40.3 Å². The van der Waals surface area contributed by atoms with E-state index in [0.29, 0.717) is 142 Å². The number of sulfonamides is 2. The van der Waals surface area contributed by atoms with Crippen molar-refractivity contribution < 1.29 is 73.4 Å². The number of Topliss-reactive ketones (excluding diaryl/α,β-unsaturated/α-hetero) is 2. The highest BCUT2D eigenvalue weighted by molar-refractivity contribution is 7.93. The maximum atomic E-state index is 13.6. The minimum atomic E-state index is -4.35. The highest BCUT2D eigenvalue weighted by atomic mass is 32.2. The molecule has 0 saturated carbocycles. The zero-order valence-corrected chi connectivity index (χ0v) is 41.1. The number of aliphatic carboxylic acids is 2. The van der Waals surface area contributed by atoms with Crippen LogP contribution in [0.3, 0.4) is 0 Å². The van der Waals surface area contributed by atoms with E-state index in [-0.39, 0.29) is 59.8 Å². The Morgan fingerprint density at radius 3 is 1.26 bits per heavy atom. The summed E-state index contributed by atoms with van der Waals surface area (Å²) >= 11 is 0. The first kappa shape index (κ1) is 52.2. The molecule has 0 spiro atoms. The molecular weight excluding hydrogens is 1040 g/mol. The fourth-order valence-electron chi connectivity index (χ4n) is 9.49. The Bertz CT molecular complexity index is 3520. The number of aromatic nitrogens is 2. The third-order valence-corrected chi connectivity index (χ3v) is 15.5. The Labute approximate surface area is 429 Å². The maximum Gasteiger partial charge on any atom is 0.303 e. The highest BCUT2D eigenvalue weighted by Crippen LogP contribution is 2.40. The number of aryl methyl sites for hydroxylation is 2. The monoisotopic (exact) mass is 1080 g/mol. The van der Waals surface area contributed by atoms with E-state index < -0.39 is 76.9 Å². The van der Waals surface area contributed by atoms with Crippen molar-refractivity contribution in [3.8, 4) is 0 Å². The number of anilines is 4. The van der Waals surface area contributed by atoms with E-state index in [0.717, 1.165) is 0 Å². The molecule has 2 aliphatic heterocycles. The lowest BCUT2D eigenvalue weighted by Crippen LogP contribution is -2.13. The van der Waals surface area contributed by atoms with Crippen LogP contribution in [-0.2, 0) is 64.9 Å². The van der Waals surface area contributed by atoms with Crippen molar-refractivity contribution >= 4 is 101 Å². The van der Waals surface area contributed by atoms with Crippen molar-refractivity contribution in [1.82, 2.24) is 9.97 Å². The quantitative estimate of drug-likeness (QED) is 0.0378. The molecule has 4 aliphatic rings. The van der Waals surface area contributed by atoms with Crippen LogP contribution in [-0.4, -0.2) is 72.3 Å². The number of rotatable bonds is 14. The zero-order valence-electron chi connectivity index (χ0n) is 39.5. The van der Waals surface area contributed by atoms with Crippen LogP contribution in [0.25, 0.3) is 23.3 Å². The lowest BCUT2D eigenvalue weighted by atomic mass is 9.91. The highest BCUT2D eigenvalue weighted by Gasteiger charge is 2.32. The predicted octanol–water partition coefficient (Wildman–Crippen LogP) is 8.25. The van der Waals surface area contributed by atoms with Crippen LogP contribution in [0, 0.1) is 23.3 Å². The number of carbonyl (C=O) groups excluding carboxylic acids is 4. The number of ketones is 2. The van der Waals surface area contributed by atoms with Crippen molar-refractivity contribution in [3.05, 3.63) is 152 Å². The first-order valence-corrected chi connectivity index (χ1v) is 26.3. The fourth-order valence-corrected chi connectivity index (χ4v) is 11.7. The molecule has 4 aromatic carbocycles. The standard InChI is InChI=1S/2C26H21F2N3O6S/c2*27-13-8-14(28)10-16(9-13)38(36,37)31-15-4-6-20-18(11-15)19(26(35)30-20)12-22-17(5-7-24(33)34)25-21(29-22)2-1-3-23(25)32/h2*4,6,8-12,29,31H,1-3,5,7H2,(H,30,35)(H,33,34). The Hall–Kier alpha value is -8.64. The number of aromatic amines is 2. The van der Waals surface area contributed by atoms with E-state index in [1.807, 2.05) is 0 Å². The van der Waals surface area contributed by atoms with Gasteiger partial charge in [0.05, 0.1) is 20.9 Å². The maximum absolute atomic E-state index is 13.6. The molecule has 8 N–H and O–H groups in total. The van der Waals surface area contributed by atoms with Gasteiger partial charge in [0.15, 0.2) is 11.6 Å². The number of H-pyrrole nitrogens is 2. The predicted molar refractivity (Wildman–Crippen MR) is 268 cm³/mol. The zero-order chi connectivity index (χ0) is 54.4. The molecule has 6 aromatic rings. The summed E-state index contributed by atoms with van der Waals surface area (Å²) in [5, 5.41) is 23.8. The van der Waals surface area contributed by atoms with E-state index >= 15 is 0 Å². The summed E-state index contributed by atoms with van der Waals surface area (Å²) < 4.78 is 110. The molecule has 18 nitrogen and oxygen atoms in total. The molecule has 0 bridgehead atoms. The van der Waals surface area contributed by atoms with Gasteiger partial charge in [0, 0.05) is 106 Å². The first-order chi connectivity index (χ1) is 36.0. The van der Waals surface area contributed by atoms with E-state index in [2.05, 4.69) is 30.0 Å². The van der Waals surface area contributed by atoms with Gasteiger partial charge in [0.25, 0.3) is 31.9 Å². The van der Waals surface area contributed by atoms with Crippen molar-refractivity contribution in [2.45, 2.75) is 74.0 Å². The van der Waals surface area contributed by atoms with Gasteiger partial charge in [0.2, 0.25) is 0 Å². The molecule has 4 heterocycles. The Balaban J connectivity index is 0.000000186. The van der Waals surface area contributed by atoms with Crippen LogP contribution in [0.2, 0.25) is 0 Å². The SMILES string of the molecule is O=C(O)CCc1c(C=C2C(=O)Nc3ccc(NS(=O)(=O)c4cc(F)cc(F)c4)cc32)[nH]c2c1C(=O)CCC2.O=C(O)CCc1c(C=C2C(=O)Nc3ccc(NS(=O)(=O)c4cc(F)cc(F)c4)cc32)[nH]c2c1C(=O)CCC2. The molecule has 392 valence electrons. The van der Waals surface area contributed by atoms with Crippen LogP contribution < -0.4 is 20.1 Å². The number of amides is 2. The normalized spacial score (nSPS) is 15.8. The number of hydrogen-bond acceptors (Lipinski definition) is 10. The van der Waals surface area contributed by atoms with Gasteiger partial charge >= 0.3 is 11.9 Å². The second-order valence-electron chi connectivity index (χ2n) is 18.0. The largest absolute Gasteiger partial charge is 0.481 e. The molecule has 10 rings (SSSR count). The van der Waals surface area contributed by atoms with Crippen LogP contribution in [0.1, 0.15) is 104 Å². The van der Waals surface area contributed by atoms with Gasteiger partial charge in [0.1, 0.15) is 23.3 Å². The minimum absolute atomic E-state index is 0.0443. The number of carboxylic acids is 2. The number of halogens is 4. The summed E-state index contributed by atoms with van der Waals surface area (Å²) in [5.74, 6) is -7.39. The first-order valence-electron chi connectivity index (χ1n) is 23.3. The molecule has 76 heavy (non-hydrogen) atoms. The molecule has 0 radical (unpaired) electrons. The van der Waals surface area contributed by atoms with Crippen LogP contribution in [0.15, 0.2) is 82.6 Å². The Morgan fingerprint density at radius 2 is 0.908 bits per heavy atom. The van der Waals surface area contributed by atoms with Crippen molar-refractivity contribution in [1.29, 1.82) is 0 Å². The van der Waals surface area contributed by atoms with Gasteiger partial charge in [-0.25, -0.2) is 34.4 Å². The number of carbonyl (C=O) groups is 6. The van der Waals surface area contributed by atoms with Crippen LogP contribution in [0.5, 0.6) is 0 Å². The molecule has 24 heteroatoms. The summed E-state index contributed by atoms with van der Waals surface area (Å²) in [5.41, 5.74) is 6.15. The van der Waals surface area contributed by atoms with Crippen LogP contribution >= 0.6 is 0 Å². The molecule has 0 saturated heterocycles. The van der Waals surface area contributed by atoms with Gasteiger partial charge in [-0.2, -0.15) is 0 Å². The van der Waals surface area contributed by atoms with Gasteiger partial charge < -0.3 is 30.8 Å². The van der Waals surface area contributed by atoms with E-state index in [9.17, 15) is 73.4 Å². The topological polar surface area (TPSA) is 291 Å². The Morgan fingerprint density at radius 1 is 0.539 bits per heavy atom. The van der Waals surface area contributed by atoms with E-state index in [1.165, 1.54) is 48.6 Å². The van der Waals surface area contributed by atoms with Gasteiger partial charge in [-0.15, -0.1) is 0 Å². The summed E-state index contributed by atoms with van der Waals surface area (Å²) in [6, 6.07) is 12.4. The fraction of sp³-hybridized carbons (Fsp3) is 0.192. The lowest BCUT2D eigenvalue weighted by Gasteiger charge is -2.11. The number of nitrogens with one attached hydrogen (secondary N) is 6. The summed E-state index contributed by atoms with van der Waals surface area (Å²) in [6.45, 7) is 0. The van der Waals surface area contributed by atoms with E-state index in [4.69, 9.17) is 0 Å². The smallest absolute Gasteiger partial charge is 0.303 e. The van der Waals surface area contributed by atoms with Crippen molar-refractivity contribution in [2.24, 2.45) is 0 Å². The number of benzene rings is 4. The average Bonchev–Trinajstić information content (AvgIpc) is 4.09. The third-order valence-electron chi connectivity index (χ3n) is 12.8. The number of carboxylic acid groups (broad SMARTS) is 2. The molecule has 2 amide bonds. The molecule has 0 unspecified atom stereocenters. The molecule has 2 aromatic heterocycles. The second-order valence-corrected chi connectivity index (χ2v) is 21.4. The third kappa shape index (κ3) is 10.9. The number of hydrogen-bond donors (Lipinski definition) is 8. The lowest BCUT2D eigenvalue weighted by molar-refractivity contribution is -0.138. The average molecular weight is 1080 g/mol. The summed E-state index contributed by atoms with van der Waals surface area (Å²) in [7, 11) is -8.70. The van der Waals surface area contributed by atoms with Gasteiger partial charge in [-0.3, -0.25) is 38.2 Å². The summed E-state index contributed by atoms with van der Waals surface area (Å²) in [6.07, 6.45) is 6.03. The second kappa shape index (κ2) is 20.6. The molecule has 0 fully saturated rings. The van der Waals surface area contributed by atoms with Gasteiger partial charge in [-0.05, 0) is 122 Å². The van der Waals surface area contributed by atoms with Crippen molar-refractivity contribution in [2.75, 3.05) is 20.1 Å². The molecule has 2 aliphatic carbocycles. The van der Waals surface area contributed by atoms with Gasteiger partial charge in [-0.1, -0.05) is 0 Å². The molecule has 0 atom stereocenters.